The molecule has 0 atom stereocenters. The number of carbonyl (C=O) groups is 1. The number of esters is 1. The van der Waals surface area contributed by atoms with Gasteiger partial charge in [-0.2, -0.15) is 13.2 Å². The van der Waals surface area contributed by atoms with Crippen LogP contribution in [0.15, 0.2) is 45.3 Å². The minimum atomic E-state index is -4.97. The number of alkyl halides is 3. The number of ether oxygens (including phenoxy) is 1. The highest BCUT2D eigenvalue weighted by molar-refractivity contribution is 7.12. The van der Waals surface area contributed by atoms with Crippen molar-refractivity contribution in [3.05, 3.63) is 78.0 Å². The van der Waals surface area contributed by atoms with Gasteiger partial charge >= 0.3 is 17.8 Å². The molecule has 2 heterocycles. The van der Waals surface area contributed by atoms with Crippen molar-refractivity contribution in [2.75, 3.05) is 0 Å². The largest absolute Gasteiger partial charge is 0.431 e. The molecule has 12 heteroatoms. The van der Waals surface area contributed by atoms with Gasteiger partial charge in [0.15, 0.2) is 5.75 Å². The van der Waals surface area contributed by atoms with E-state index in [0.29, 0.717) is 6.07 Å². The molecule has 6 nitrogen and oxygen atoms in total. The summed E-state index contributed by atoms with van der Waals surface area (Å²) in [6.07, 6.45) is -4.97. The fourth-order valence-corrected chi connectivity index (χ4v) is 3.22. The summed E-state index contributed by atoms with van der Waals surface area (Å²) < 4.78 is 58.7. The molecule has 0 spiro atoms. The van der Waals surface area contributed by atoms with Crippen molar-refractivity contribution >= 4 is 28.9 Å². The molecule has 0 bridgehead atoms. The molecule has 3 aromatic rings. The minimum Gasteiger partial charge on any atom is -0.421 e. The molecule has 0 saturated carbocycles. The third-order valence-electron chi connectivity index (χ3n) is 3.78. The quantitative estimate of drug-likeness (QED) is 0.348. The number of hydrogen-bond donors (Lipinski definition) is 0. The van der Waals surface area contributed by atoms with Crippen LogP contribution < -0.4 is 16.0 Å². The topological polar surface area (TPSA) is 70.3 Å². The molecule has 0 N–H and O–H groups in total. The number of benzene rings is 1. The Morgan fingerprint density at radius 2 is 1.90 bits per heavy atom. The highest BCUT2D eigenvalue weighted by Gasteiger charge is 2.35. The van der Waals surface area contributed by atoms with E-state index in [1.54, 1.807) is 11.4 Å². The third-order valence-corrected chi connectivity index (χ3v) is 4.92. The van der Waals surface area contributed by atoms with E-state index < -0.39 is 40.6 Å². The smallest absolute Gasteiger partial charge is 0.421 e. The third kappa shape index (κ3) is 3.96. The summed E-state index contributed by atoms with van der Waals surface area (Å²) >= 11 is 6.92. The van der Waals surface area contributed by atoms with Crippen LogP contribution in [-0.2, 0) is 13.2 Å². The van der Waals surface area contributed by atoms with Crippen LogP contribution in [0.4, 0.5) is 17.6 Å². The Morgan fingerprint density at radius 1 is 1.21 bits per heavy atom. The lowest BCUT2D eigenvalue weighted by Gasteiger charge is -2.15. The molecule has 0 saturated heterocycles. The molecule has 152 valence electrons. The van der Waals surface area contributed by atoms with E-state index in [1.807, 2.05) is 0 Å². The molecule has 0 amide bonds. The number of hydrogen-bond acceptors (Lipinski definition) is 5. The number of halogens is 5. The van der Waals surface area contributed by atoms with Gasteiger partial charge in [-0.15, -0.1) is 11.3 Å². The Morgan fingerprint density at radius 3 is 2.48 bits per heavy atom. The van der Waals surface area contributed by atoms with E-state index in [2.05, 4.69) is 0 Å². The minimum absolute atomic E-state index is 0.160. The molecule has 0 aliphatic carbocycles. The van der Waals surface area contributed by atoms with Crippen molar-refractivity contribution in [1.29, 1.82) is 0 Å². The van der Waals surface area contributed by atoms with Crippen LogP contribution in [0.1, 0.15) is 15.4 Å². The summed E-state index contributed by atoms with van der Waals surface area (Å²) in [7, 11) is 0.784. The molecule has 0 fully saturated rings. The number of carbonyl (C=O) groups excluding carboxylic acids is 1. The number of aromatic nitrogens is 2. The maximum atomic E-state index is 14.4. The van der Waals surface area contributed by atoms with Gasteiger partial charge in [0, 0.05) is 19.2 Å². The van der Waals surface area contributed by atoms with Gasteiger partial charge < -0.3 is 4.74 Å². The molecule has 29 heavy (non-hydrogen) atoms. The van der Waals surface area contributed by atoms with Crippen molar-refractivity contribution < 1.29 is 27.1 Å². The molecule has 0 radical (unpaired) electrons. The first kappa shape index (κ1) is 20.8. The second-order valence-electron chi connectivity index (χ2n) is 5.64. The number of thiophene rings is 1. The molecular formula is C17H9ClF4N2O4S. The van der Waals surface area contributed by atoms with E-state index in [9.17, 15) is 31.9 Å². The van der Waals surface area contributed by atoms with Crippen LogP contribution in [-0.4, -0.2) is 15.1 Å². The zero-order chi connectivity index (χ0) is 21.5. The molecule has 1 aromatic carbocycles. The van der Waals surface area contributed by atoms with E-state index in [0.717, 1.165) is 24.5 Å². The van der Waals surface area contributed by atoms with Crippen LogP contribution in [0.5, 0.6) is 5.75 Å². The molecule has 0 unspecified atom stereocenters. The highest BCUT2D eigenvalue weighted by atomic mass is 35.5. The fraction of sp³-hybridized carbons (Fsp3) is 0.118. The van der Waals surface area contributed by atoms with E-state index >= 15 is 0 Å². The first-order valence-corrected chi connectivity index (χ1v) is 8.92. The van der Waals surface area contributed by atoms with Gasteiger partial charge in [-0.3, -0.25) is 9.36 Å². The number of rotatable bonds is 3. The monoisotopic (exact) mass is 448 g/mol. The van der Waals surface area contributed by atoms with Gasteiger partial charge in [-0.1, -0.05) is 17.7 Å². The standard InChI is InChI=1S/C17H9ClF4N2O4S/c1-23-13(17(20,21)22)7-14(25)24(16(23)27)10-6-11(8(18)5-9(10)19)28-15(26)12-3-2-4-29-12/h2-7H,1H3. The lowest BCUT2D eigenvalue weighted by Crippen LogP contribution is -2.41. The predicted molar refractivity (Wildman–Crippen MR) is 96.5 cm³/mol. The summed E-state index contributed by atoms with van der Waals surface area (Å²) in [6, 6.07) is 4.68. The van der Waals surface area contributed by atoms with E-state index in [1.165, 1.54) is 6.07 Å². The predicted octanol–water partition coefficient (Wildman–Crippen LogP) is 3.63. The zero-order valence-corrected chi connectivity index (χ0v) is 15.9. The summed E-state index contributed by atoms with van der Waals surface area (Å²) in [5.74, 6) is -2.38. The van der Waals surface area contributed by atoms with Crippen LogP contribution in [0.2, 0.25) is 5.02 Å². The van der Waals surface area contributed by atoms with Crippen LogP contribution in [0, 0.1) is 5.82 Å². The maximum Gasteiger partial charge on any atom is 0.431 e. The van der Waals surface area contributed by atoms with Crippen molar-refractivity contribution in [2.24, 2.45) is 7.05 Å². The van der Waals surface area contributed by atoms with Crippen molar-refractivity contribution in [2.45, 2.75) is 6.18 Å². The van der Waals surface area contributed by atoms with E-state index in [4.69, 9.17) is 16.3 Å². The maximum absolute atomic E-state index is 14.4. The molecule has 2 aromatic heterocycles. The second-order valence-corrected chi connectivity index (χ2v) is 7.00. The van der Waals surface area contributed by atoms with Gasteiger partial charge in [-0.25, -0.2) is 18.5 Å². The van der Waals surface area contributed by atoms with Crippen molar-refractivity contribution in [3.63, 3.8) is 0 Å². The highest BCUT2D eigenvalue weighted by Crippen LogP contribution is 2.31. The summed E-state index contributed by atoms with van der Waals surface area (Å²) in [6.45, 7) is 0. The molecule has 0 aliphatic heterocycles. The molecular weight excluding hydrogens is 440 g/mol. The average Bonchev–Trinajstić information content (AvgIpc) is 3.15. The van der Waals surface area contributed by atoms with Gasteiger partial charge in [0.25, 0.3) is 5.56 Å². The van der Waals surface area contributed by atoms with Gasteiger partial charge in [-0.05, 0) is 17.5 Å². The Labute approximate surface area is 168 Å². The van der Waals surface area contributed by atoms with Crippen LogP contribution >= 0.6 is 22.9 Å². The Bertz CT molecular complexity index is 1220. The first-order valence-electron chi connectivity index (χ1n) is 7.66. The molecule has 3 rings (SSSR count). The lowest BCUT2D eigenvalue weighted by molar-refractivity contribution is -0.144. The Hall–Kier alpha value is -2.92. The average molecular weight is 449 g/mol. The van der Waals surface area contributed by atoms with Crippen LogP contribution in [0.25, 0.3) is 5.69 Å². The van der Waals surface area contributed by atoms with Gasteiger partial charge in [0.1, 0.15) is 16.4 Å². The Balaban J connectivity index is 2.15. The number of nitrogens with zero attached hydrogens (tertiary/aromatic N) is 2. The second kappa shape index (κ2) is 7.48. The summed E-state index contributed by atoms with van der Waals surface area (Å²) in [5, 5.41) is 1.27. The lowest BCUT2D eigenvalue weighted by atomic mass is 10.2. The van der Waals surface area contributed by atoms with E-state index in [-0.39, 0.29) is 30.8 Å². The van der Waals surface area contributed by atoms with Crippen LogP contribution in [0.3, 0.4) is 0 Å². The molecule has 0 aliphatic rings. The fourth-order valence-electron chi connectivity index (χ4n) is 2.43. The zero-order valence-electron chi connectivity index (χ0n) is 14.3. The van der Waals surface area contributed by atoms with Gasteiger partial charge in [0.05, 0.1) is 10.7 Å². The first-order chi connectivity index (χ1) is 13.5. The summed E-state index contributed by atoms with van der Waals surface area (Å²) in [5.41, 5.74) is -5.08. The Kier molecular flexibility index (Phi) is 5.37. The summed E-state index contributed by atoms with van der Waals surface area (Å²) in [4.78, 5) is 36.8. The van der Waals surface area contributed by atoms with Crippen molar-refractivity contribution in [3.8, 4) is 11.4 Å². The van der Waals surface area contributed by atoms with Gasteiger partial charge in [0.2, 0.25) is 0 Å². The van der Waals surface area contributed by atoms with Crippen molar-refractivity contribution in [1.82, 2.24) is 9.13 Å². The normalized spacial score (nSPS) is 11.5. The SMILES string of the molecule is Cn1c(C(F)(F)F)cc(=O)n(-c2cc(OC(=O)c3cccs3)c(Cl)cc2F)c1=O.